The molecule has 0 aromatic heterocycles. The van der Waals surface area contributed by atoms with Crippen LogP contribution in [-0.2, 0) is 18.8 Å². The fraction of sp³-hybridized carbons (Fsp3) is 0.500. The molecule has 0 spiro atoms. The van der Waals surface area contributed by atoms with Gasteiger partial charge in [0.05, 0.1) is 26.4 Å². The summed E-state index contributed by atoms with van der Waals surface area (Å²) in [5, 5.41) is 0. The number of rotatable bonds is 7. The van der Waals surface area contributed by atoms with Crippen LogP contribution in [0.4, 0.5) is 0 Å². The minimum Gasteiger partial charge on any atom is -0.377 e. The van der Waals surface area contributed by atoms with Gasteiger partial charge in [-0.3, -0.25) is 14.5 Å². The van der Waals surface area contributed by atoms with Gasteiger partial charge >= 0.3 is 0 Å². The molecule has 0 N–H and O–H groups in total. The molecule has 0 fully saturated rings. The summed E-state index contributed by atoms with van der Waals surface area (Å²) in [4.78, 5) is 23.4. The quantitative estimate of drug-likeness (QED) is 0.386. The molecule has 2 amide bonds. The summed E-state index contributed by atoms with van der Waals surface area (Å²) >= 11 is 0. The van der Waals surface area contributed by atoms with Gasteiger partial charge in [0.25, 0.3) is 11.8 Å². The molecule has 16 heavy (non-hydrogen) atoms. The zero-order valence-corrected chi connectivity index (χ0v) is 10.6. The lowest BCUT2D eigenvalue weighted by Crippen LogP contribution is -2.33. The van der Waals surface area contributed by atoms with E-state index in [1.807, 2.05) is 0 Å². The Kier molecular flexibility index (Phi) is 6.34. The number of amides is 2. The minimum atomic E-state index is -0.287. The average molecular weight is 262 g/mol. The normalized spacial score (nSPS) is 15.7. The third-order valence-corrected chi connectivity index (χ3v) is 2.46. The molecule has 1 aliphatic rings. The summed E-state index contributed by atoms with van der Waals surface area (Å²) in [7, 11) is 2.72. The Morgan fingerprint density at radius 3 is 2.56 bits per heavy atom. The molecule has 0 aromatic carbocycles. The first kappa shape index (κ1) is 13.4. The highest BCUT2D eigenvalue weighted by molar-refractivity contribution is 7.31. The predicted molar refractivity (Wildman–Crippen MR) is 61.7 cm³/mol. The molecule has 0 bridgehead atoms. The molecule has 0 aliphatic carbocycles. The van der Waals surface area contributed by atoms with Gasteiger partial charge in [0.1, 0.15) is 0 Å². The van der Waals surface area contributed by atoms with Crippen molar-refractivity contribution in [3.05, 3.63) is 12.2 Å². The Morgan fingerprint density at radius 2 is 1.94 bits per heavy atom. The molecule has 88 valence electrons. The van der Waals surface area contributed by atoms with E-state index in [1.165, 1.54) is 12.2 Å². The van der Waals surface area contributed by atoms with Crippen molar-refractivity contribution in [2.24, 2.45) is 4.52 Å². The van der Waals surface area contributed by atoms with Crippen molar-refractivity contribution in [3.8, 4) is 0 Å². The summed E-state index contributed by atoms with van der Waals surface area (Å²) in [6, 6.07) is 0. The highest BCUT2D eigenvalue weighted by atomic mass is 31.1. The number of carbonyl (C=O) groups is 2. The fourth-order valence-electron chi connectivity index (χ4n) is 1.08. The van der Waals surface area contributed by atoms with E-state index in [0.29, 0.717) is 28.4 Å². The van der Waals surface area contributed by atoms with Crippen molar-refractivity contribution in [2.45, 2.75) is 0 Å². The van der Waals surface area contributed by atoms with Gasteiger partial charge in [-0.1, -0.05) is 0 Å². The van der Waals surface area contributed by atoms with Crippen LogP contribution >= 0.6 is 18.0 Å². The number of ether oxygens (including phenoxy) is 1. The number of nitrogens with zero attached hydrogens (tertiary/aromatic N) is 2. The van der Waals surface area contributed by atoms with Gasteiger partial charge < -0.3 is 9.26 Å². The van der Waals surface area contributed by atoms with Crippen molar-refractivity contribution in [1.29, 1.82) is 0 Å². The van der Waals surface area contributed by atoms with Gasteiger partial charge in [-0.15, -0.1) is 0 Å². The van der Waals surface area contributed by atoms with Crippen LogP contribution in [0.2, 0.25) is 0 Å². The van der Waals surface area contributed by atoms with Crippen molar-refractivity contribution >= 4 is 29.8 Å². The smallest absolute Gasteiger partial charge is 0.253 e. The molecule has 1 rings (SSSR count). The van der Waals surface area contributed by atoms with Crippen molar-refractivity contribution < 1.29 is 18.8 Å². The number of hydrogen-bond donors (Lipinski definition) is 0. The molecule has 8 heteroatoms. The third kappa shape index (κ3) is 4.45. The fourth-order valence-corrected chi connectivity index (χ4v) is 1.50. The molecule has 0 saturated heterocycles. The summed E-state index contributed by atoms with van der Waals surface area (Å²) in [6.45, 7) is 1.43. The Labute approximate surface area is 97.2 Å². The monoisotopic (exact) mass is 262 g/mol. The van der Waals surface area contributed by atoms with Crippen molar-refractivity contribution in [1.82, 2.24) is 4.90 Å². The van der Waals surface area contributed by atoms with Crippen molar-refractivity contribution in [3.63, 3.8) is 0 Å². The molecule has 6 nitrogen and oxygen atoms in total. The Bertz CT molecular complexity index is 301. The first-order valence-electron chi connectivity index (χ1n) is 4.59. The zero-order chi connectivity index (χ0) is 11.8. The predicted octanol–water partition coefficient (Wildman–Crippen LogP) is 0.779. The van der Waals surface area contributed by atoms with E-state index >= 15 is 0 Å². The molecule has 1 unspecified atom stereocenters. The first-order valence-corrected chi connectivity index (χ1v) is 5.87. The lowest BCUT2D eigenvalue weighted by molar-refractivity contribution is -0.137. The van der Waals surface area contributed by atoms with E-state index in [9.17, 15) is 9.59 Å². The van der Waals surface area contributed by atoms with Gasteiger partial charge in [0.2, 0.25) is 0 Å². The topological polar surface area (TPSA) is 68.2 Å². The van der Waals surface area contributed by atoms with Gasteiger partial charge in [-0.2, -0.15) is 0 Å². The third-order valence-electron chi connectivity index (χ3n) is 1.78. The molecule has 0 radical (unpaired) electrons. The van der Waals surface area contributed by atoms with E-state index in [1.54, 1.807) is 0 Å². The van der Waals surface area contributed by atoms with Crippen LogP contribution in [0, 0.1) is 0 Å². The van der Waals surface area contributed by atoms with Gasteiger partial charge in [-0.25, -0.2) is 4.52 Å². The van der Waals surface area contributed by atoms with Gasteiger partial charge in [0, 0.05) is 12.2 Å². The van der Waals surface area contributed by atoms with Crippen LogP contribution in [0.5, 0.6) is 0 Å². The lowest BCUT2D eigenvalue weighted by atomic mass is 10.5. The molecular formula is C8H12N2O4P2. The van der Waals surface area contributed by atoms with Crippen LogP contribution in [-0.4, -0.2) is 43.1 Å². The summed E-state index contributed by atoms with van der Waals surface area (Å²) < 4.78 is 13.8. The van der Waals surface area contributed by atoms with E-state index in [4.69, 9.17) is 9.26 Å². The van der Waals surface area contributed by atoms with E-state index in [-0.39, 0.29) is 18.4 Å². The first-order chi connectivity index (χ1) is 7.75. The second-order valence-corrected chi connectivity index (χ2v) is 4.15. The average Bonchev–Trinajstić information content (AvgIpc) is 2.59. The van der Waals surface area contributed by atoms with Crippen LogP contribution < -0.4 is 0 Å². The highest BCUT2D eigenvalue weighted by Gasteiger charge is 2.22. The van der Waals surface area contributed by atoms with Crippen LogP contribution in [0.15, 0.2) is 16.7 Å². The second kappa shape index (κ2) is 7.58. The Morgan fingerprint density at radius 1 is 1.25 bits per heavy atom. The molecule has 1 heterocycles. The maximum Gasteiger partial charge on any atom is 0.253 e. The molecule has 0 saturated carbocycles. The number of imide groups is 1. The highest BCUT2D eigenvalue weighted by Crippen LogP contribution is 2.05. The molecule has 0 aromatic rings. The second-order valence-electron chi connectivity index (χ2n) is 2.80. The van der Waals surface area contributed by atoms with Crippen LogP contribution in [0.3, 0.4) is 0 Å². The van der Waals surface area contributed by atoms with Crippen LogP contribution in [0.1, 0.15) is 0 Å². The minimum absolute atomic E-state index is 0.274. The van der Waals surface area contributed by atoms with E-state index in [2.05, 4.69) is 13.9 Å². The molecular weight excluding hydrogens is 250 g/mol. The largest absolute Gasteiger partial charge is 0.377 e. The standard InChI is InChI=1S/C8H12N2O4P2/c11-7-1-2-8(12)10(7)3-4-13-5-6-14-16-9-15/h1-2H,3-6,15H2. The summed E-state index contributed by atoms with van der Waals surface area (Å²) in [5.74, 6) is -0.574. The number of hydrogen-bond acceptors (Lipinski definition) is 5. The molecule has 1 atom stereocenters. The zero-order valence-electron chi connectivity index (χ0n) is 8.54. The summed E-state index contributed by atoms with van der Waals surface area (Å²) in [5.41, 5.74) is 0. The maximum atomic E-state index is 11.1. The SMILES string of the molecule is O=C1C=CC(=O)N1CCOCCO/P=N/P. The Balaban J connectivity index is 2.03. The van der Waals surface area contributed by atoms with E-state index < -0.39 is 0 Å². The van der Waals surface area contributed by atoms with Gasteiger partial charge in [0.15, 0.2) is 8.60 Å². The lowest BCUT2D eigenvalue weighted by Gasteiger charge is -2.13. The summed E-state index contributed by atoms with van der Waals surface area (Å²) in [6.07, 6.45) is 2.51. The molecule has 1 aliphatic heterocycles. The van der Waals surface area contributed by atoms with E-state index in [0.717, 1.165) is 4.90 Å². The number of carbonyl (C=O) groups excluding carboxylic acids is 2. The Hall–Kier alpha value is -0.670. The van der Waals surface area contributed by atoms with Gasteiger partial charge in [-0.05, 0) is 9.39 Å². The van der Waals surface area contributed by atoms with Crippen LogP contribution in [0.25, 0.3) is 0 Å². The maximum absolute atomic E-state index is 11.1. The van der Waals surface area contributed by atoms with Crippen molar-refractivity contribution in [2.75, 3.05) is 26.4 Å².